The summed E-state index contributed by atoms with van der Waals surface area (Å²) >= 11 is 0. The van der Waals surface area contributed by atoms with Crippen molar-refractivity contribution in [3.05, 3.63) is 42.9 Å². The van der Waals surface area contributed by atoms with Gasteiger partial charge in [-0.1, -0.05) is 6.08 Å². The van der Waals surface area contributed by atoms with Crippen LogP contribution in [0, 0.1) is 0 Å². The Bertz CT molecular complexity index is 1520. The highest BCUT2D eigenvalue weighted by Crippen LogP contribution is 2.37. The van der Waals surface area contributed by atoms with Crippen molar-refractivity contribution in [2.24, 2.45) is 0 Å². The number of nitrogens with one attached hydrogen (secondary N) is 1. The number of hydrogen-bond acceptors (Lipinski definition) is 10. The molecule has 11 nitrogen and oxygen atoms in total. The number of rotatable bonds is 8. The number of nitrogens with zero attached hydrogens (tertiary/aromatic N) is 6. The Morgan fingerprint density at radius 3 is 2.68 bits per heavy atom. The van der Waals surface area contributed by atoms with Crippen LogP contribution in [0.1, 0.15) is 21.1 Å². The number of ketones is 1. The monoisotopic (exact) mass is 524 g/mol. The van der Waals surface area contributed by atoms with Crippen LogP contribution in [0.15, 0.2) is 42.9 Å². The molecular weight excluding hydrogens is 494 g/mol. The number of pyridine rings is 2. The van der Waals surface area contributed by atoms with Crippen molar-refractivity contribution in [3.63, 3.8) is 0 Å². The van der Waals surface area contributed by atoms with Crippen LogP contribution in [0.5, 0.6) is 5.88 Å². The van der Waals surface area contributed by atoms with Crippen LogP contribution in [-0.4, -0.2) is 84.1 Å². The van der Waals surface area contributed by atoms with Gasteiger partial charge in [-0.05, 0) is 44.0 Å². The molecule has 2 aliphatic rings. The molecule has 5 rings (SSSR count). The predicted molar refractivity (Wildman–Crippen MR) is 141 cm³/mol. The molecule has 2 atom stereocenters. The predicted octanol–water partition coefficient (Wildman–Crippen LogP) is 2.27. The van der Waals surface area contributed by atoms with Crippen molar-refractivity contribution in [3.8, 4) is 17.1 Å². The van der Waals surface area contributed by atoms with E-state index >= 15 is 0 Å². The van der Waals surface area contributed by atoms with E-state index in [9.17, 15) is 13.2 Å². The topological polar surface area (TPSA) is 131 Å². The van der Waals surface area contributed by atoms with Gasteiger partial charge in [-0.3, -0.25) is 14.4 Å². The normalized spacial score (nSPS) is 20.4. The van der Waals surface area contributed by atoms with Gasteiger partial charge in [0.05, 0.1) is 24.6 Å². The molecule has 0 saturated carbocycles. The zero-order valence-corrected chi connectivity index (χ0v) is 21.7. The van der Waals surface area contributed by atoms with E-state index in [1.807, 2.05) is 6.08 Å². The van der Waals surface area contributed by atoms with Crippen LogP contribution >= 0.6 is 0 Å². The molecule has 3 aromatic heterocycles. The maximum atomic E-state index is 11.8. The lowest BCUT2D eigenvalue weighted by atomic mass is 10.1. The maximum absolute atomic E-state index is 11.8. The molecule has 37 heavy (non-hydrogen) atoms. The van der Waals surface area contributed by atoms with Crippen LogP contribution in [0.3, 0.4) is 0 Å². The zero-order valence-electron chi connectivity index (χ0n) is 21.9. The van der Waals surface area contributed by atoms with E-state index in [2.05, 4.69) is 29.5 Å². The summed E-state index contributed by atoms with van der Waals surface area (Å²) in [7, 11) is -2.14. The minimum absolute atomic E-state index is 0.0372. The van der Waals surface area contributed by atoms with Crippen molar-refractivity contribution in [1.29, 1.82) is 0 Å². The van der Waals surface area contributed by atoms with E-state index in [1.165, 1.54) is 7.11 Å². The Morgan fingerprint density at radius 1 is 1.24 bits per heavy atom. The molecule has 2 saturated heterocycles. The molecule has 1 N–H and O–H groups in total. The summed E-state index contributed by atoms with van der Waals surface area (Å²) in [4.78, 5) is 33.8. The second-order valence-electron chi connectivity index (χ2n) is 9.39. The molecule has 0 unspecified atom stereocenters. The zero-order chi connectivity index (χ0) is 27.0. The number of likely N-dealkylation sites (tertiary alicyclic amines) is 1. The Labute approximate surface area is 217 Å². The summed E-state index contributed by atoms with van der Waals surface area (Å²) in [6.07, 6.45) is 8.06. The summed E-state index contributed by atoms with van der Waals surface area (Å²) in [5, 5.41) is 0. The first kappa shape index (κ1) is 23.7. The van der Waals surface area contributed by atoms with Crippen molar-refractivity contribution in [2.75, 3.05) is 42.6 Å². The third kappa shape index (κ3) is 5.39. The smallest absolute Gasteiger partial charge is 0.238 e. The van der Waals surface area contributed by atoms with Gasteiger partial charge in [0.1, 0.15) is 18.9 Å². The molecule has 12 heteroatoms. The number of sulfonamides is 1. The number of aromatic nitrogens is 4. The van der Waals surface area contributed by atoms with Crippen molar-refractivity contribution in [1.82, 2.24) is 24.8 Å². The van der Waals surface area contributed by atoms with E-state index < -0.39 is 10.0 Å². The first-order valence-corrected chi connectivity index (χ1v) is 13.9. The fourth-order valence-electron chi connectivity index (χ4n) is 5.11. The Hall–Kier alpha value is -3.64. The lowest BCUT2D eigenvalue weighted by Crippen LogP contribution is -2.54. The fraction of sp³-hybridized carbons (Fsp3) is 0.400. The summed E-state index contributed by atoms with van der Waals surface area (Å²) < 4.78 is 39.6. The van der Waals surface area contributed by atoms with Crippen LogP contribution in [0.4, 0.5) is 11.5 Å². The number of allylic oxidation sites excluding steroid dienone is 1. The van der Waals surface area contributed by atoms with E-state index in [1.54, 1.807) is 37.4 Å². The average Bonchev–Trinajstić information content (AvgIpc) is 3.11. The highest BCUT2D eigenvalue weighted by molar-refractivity contribution is 7.92. The molecule has 0 radical (unpaired) electrons. The summed E-state index contributed by atoms with van der Waals surface area (Å²) in [6.45, 7) is 3.90. The second kappa shape index (κ2) is 10.0. The van der Waals surface area contributed by atoms with Gasteiger partial charge in [-0.25, -0.2) is 28.4 Å². The maximum Gasteiger partial charge on any atom is 0.238 e. The molecule has 0 aliphatic carbocycles. The highest BCUT2D eigenvalue weighted by atomic mass is 32.2. The van der Waals surface area contributed by atoms with Gasteiger partial charge in [0.25, 0.3) is 0 Å². The lowest BCUT2D eigenvalue weighted by molar-refractivity contribution is -0.112. The molecular formula is C25H29N7O4S. The van der Waals surface area contributed by atoms with Gasteiger partial charge in [0.15, 0.2) is 11.6 Å². The van der Waals surface area contributed by atoms with E-state index in [4.69, 9.17) is 11.1 Å². The second-order valence-corrected chi connectivity index (χ2v) is 11.1. The standard InChI is InChI=1S/C25H29N7O4S/c1-16(33)5-4-10-31-13-18-6-7-19(14-31)32(18)24-23-21(27-15-28-24)9-8-20(29-23)17-11-22(30-37(3,34)35)25(36-2)26-12-17/h4-5,8-9,11-12,15,18-19,30H,6-7,10,13-14H2,1-3H3/b5-4+/t18-,19+/i15D. The number of ether oxygens (including phenoxy) is 1. The number of carbonyl (C=O) groups is 1. The molecule has 194 valence electrons. The summed E-state index contributed by atoms with van der Waals surface area (Å²) in [6, 6.07) is 5.59. The number of piperazine rings is 1. The first-order chi connectivity index (χ1) is 18.1. The fourth-order valence-corrected chi connectivity index (χ4v) is 5.65. The van der Waals surface area contributed by atoms with Crippen molar-refractivity contribution >= 4 is 38.3 Å². The largest absolute Gasteiger partial charge is 0.480 e. The van der Waals surface area contributed by atoms with Gasteiger partial charge in [-0.15, -0.1) is 0 Å². The van der Waals surface area contributed by atoms with Gasteiger partial charge in [-0.2, -0.15) is 0 Å². The van der Waals surface area contributed by atoms with E-state index in [-0.39, 0.29) is 35.7 Å². The number of hydrogen-bond donors (Lipinski definition) is 1. The van der Waals surface area contributed by atoms with Crippen LogP contribution in [0.2, 0.25) is 0 Å². The molecule has 0 amide bonds. The molecule has 2 bridgehead atoms. The van der Waals surface area contributed by atoms with Crippen molar-refractivity contribution in [2.45, 2.75) is 31.8 Å². The SMILES string of the molecule is [2H]c1nc(N2[C@@H]3CC[C@H]2CN(C/C=C/C(C)=O)C3)c2nc(-c3cnc(OC)c(NS(C)(=O)=O)c3)ccc2n1. The quantitative estimate of drug-likeness (QED) is 0.438. The third-order valence-electron chi connectivity index (χ3n) is 6.57. The summed E-state index contributed by atoms with van der Waals surface area (Å²) in [5.41, 5.74) is 2.50. The minimum atomic E-state index is -3.55. The molecule has 3 aromatic rings. The van der Waals surface area contributed by atoms with Crippen LogP contribution in [0.25, 0.3) is 22.3 Å². The van der Waals surface area contributed by atoms with Crippen molar-refractivity contribution < 1.29 is 19.3 Å². The summed E-state index contributed by atoms with van der Waals surface area (Å²) in [5.74, 6) is 0.815. The Morgan fingerprint density at radius 2 is 2.00 bits per heavy atom. The molecule has 2 fully saturated rings. The van der Waals surface area contributed by atoms with Gasteiger partial charge >= 0.3 is 0 Å². The van der Waals surface area contributed by atoms with E-state index in [0.29, 0.717) is 34.7 Å². The van der Waals surface area contributed by atoms with Gasteiger partial charge in [0.2, 0.25) is 15.9 Å². The number of anilines is 2. The average molecular weight is 525 g/mol. The van der Waals surface area contributed by atoms with Crippen LogP contribution < -0.4 is 14.4 Å². The molecule has 5 heterocycles. The van der Waals surface area contributed by atoms with Gasteiger partial charge in [0, 0.05) is 43.5 Å². The number of carbonyl (C=O) groups excluding carboxylic acids is 1. The minimum Gasteiger partial charge on any atom is -0.480 e. The Balaban J connectivity index is 1.51. The molecule has 0 aromatic carbocycles. The van der Waals surface area contributed by atoms with Gasteiger partial charge < -0.3 is 9.64 Å². The Kier molecular flexibility index (Phi) is 6.43. The molecule has 0 spiro atoms. The number of methoxy groups -OCH3 is 1. The first-order valence-electron chi connectivity index (χ1n) is 12.5. The van der Waals surface area contributed by atoms with Crippen LogP contribution in [-0.2, 0) is 14.8 Å². The lowest BCUT2D eigenvalue weighted by Gasteiger charge is -2.41. The number of fused-ring (bicyclic) bond motifs is 3. The van der Waals surface area contributed by atoms with E-state index in [0.717, 1.165) is 32.2 Å². The molecule has 2 aliphatic heterocycles. The highest BCUT2D eigenvalue weighted by Gasteiger charge is 2.41. The third-order valence-corrected chi connectivity index (χ3v) is 7.16.